The summed E-state index contributed by atoms with van der Waals surface area (Å²) in [5.74, 6) is 0.744. The average molecular weight is 398 g/mol. The van der Waals surface area contributed by atoms with E-state index >= 15 is 0 Å². The number of nitrogens with zero attached hydrogens (tertiary/aromatic N) is 4. The highest BCUT2D eigenvalue weighted by molar-refractivity contribution is 6.06. The van der Waals surface area contributed by atoms with Crippen LogP contribution in [-0.2, 0) is 13.6 Å². The van der Waals surface area contributed by atoms with Crippen molar-refractivity contribution in [3.8, 4) is 17.0 Å². The van der Waals surface area contributed by atoms with Crippen LogP contribution in [0.5, 0.6) is 5.75 Å². The van der Waals surface area contributed by atoms with E-state index in [1.165, 1.54) is 0 Å². The molecule has 0 atom stereocenters. The van der Waals surface area contributed by atoms with Crippen molar-refractivity contribution in [1.82, 2.24) is 24.6 Å². The lowest BCUT2D eigenvalue weighted by atomic mass is 10.0. The second-order valence-corrected chi connectivity index (χ2v) is 7.64. The fourth-order valence-corrected chi connectivity index (χ4v) is 3.84. The predicted octanol–water partition coefficient (Wildman–Crippen LogP) is 2.63. The van der Waals surface area contributed by atoms with Gasteiger partial charge in [-0.1, -0.05) is 0 Å². The monoisotopic (exact) mass is 397 g/mol. The number of methoxy groups -OCH3 is 1. The Labute approximate surface area is 172 Å². The zero-order chi connectivity index (χ0) is 21.1. The van der Waals surface area contributed by atoms with Crippen LogP contribution in [0, 0.1) is 13.8 Å². The molecular weight excluding hydrogens is 366 g/mol. The Morgan fingerprint density at radius 1 is 1.24 bits per heavy atom. The predicted molar refractivity (Wildman–Crippen MR) is 117 cm³/mol. The number of aryl methyl sites for hydroxylation is 2. The van der Waals surface area contributed by atoms with Gasteiger partial charge < -0.3 is 19.5 Å². The SMILES string of the molecule is COc1ccc2c(c1)c(C=O)c(-c1c(C)nn(C)c1C)n2CCNCCN(C)C. The van der Waals surface area contributed by atoms with Crippen molar-refractivity contribution >= 4 is 17.2 Å². The number of nitrogens with one attached hydrogen (secondary N) is 1. The highest BCUT2D eigenvalue weighted by atomic mass is 16.5. The first kappa shape index (κ1) is 21.1. The second-order valence-electron chi connectivity index (χ2n) is 7.64. The number of fused-ring (bicyclic) bond motifs is 1. The Morgan fingerprint density at radius 2 is 2.00 bits per heavy atom. The Balaban J connectivity index is 2.12. The number of carbonyl (C=O) groups is 1. The smallest absolute Gasteiger partial charge is 0.152 e. The Hall–Kier alpha value is -2.64. The van der Waals surface area contributed by atoms with Gasteiger partial charge >= 0.3 is 0 Å². The van der Waals surface area contributed by atoms with Gasteiger partial charge in [0.25, 0.3) is 0 Å². The summed E-state index contributed by atoms with van der Waals surface area (Å²) in [6.45, 7) is 7.51. The number of ether oxygens (including phenoxy) is 1. The maximum absolute atomic E-state index is 12.2. The molecule has 0 unspecified atom stereocenters. The van der Waals surface area contributed by atoms with Gasteiger partial charge in [0.15, 0.2) is 6.29 Å². The minimum Gasteiger partial charge on any atom is -0.497 e. The molecule has 1 aromatic carbocycles. The number of benzene rings is 1. The number of hydrogen-bond acceptors (Lipinski definition) is 5. The molecule has 3 rings (SSSR count). The van der Waals surface area contributed by atoms with Crippen molar-refractivity contribution in [3.63, 3.8) is 0 Å². The summed E-state index contributed by atoms with van der Waals surface area (Å²) in [4.78, 5) is 14.4. The quantitative estimate of drug-likeness (QED) is 0.444. The highest BCUT2D eigenvalue weighted by Gasteiger charge is 2.23. The summed E-state index contributed by atoms with van der Waals surface area (Å²) in [7, 11) is 7.71. The molecule has 0 spiro atoms. The molecular formula is C22H31N5O2. The molecule has 7 nitrogen and oxygen atoms in total. The van der Waals surface area contributed by atoms with Crippen molar-refractivity contribution in [2.24, 2.45) is 7.05 Å². The lowest BCUT2D eigenvalue weighted by molar-refractivity contribution is 0.112. The Morgan fingerprint density at radius 3 is 2.59 bits per heavy atom. The van der Waals surface area contributed by atoms with Crippen LogP contribution in [0.2, 0.25) is 0 Å². The van der Waals surface area contributed by atoms with Crippen LogP contribution in [0.25, 0.3) is 22.2 Å². The van der Waals surface area contributed by atoms with Crippen molar-refractivity contribution in [2.75, 3.05) is 40.8 Å². The summed E-state index contributed by atoms with van der Waals surface area (Å²) in [5, 5.41) is 8.98. The number of aromatic nitrogens is 3. The first-order valence-corrected chi connectivity index (χ1v) is 9.90. The molecule has 7 heteroatoms. The van der Waals surface area contributed by atoms with E-state index in [0.29, 0.717) is 5.56 Å². The van der Waals surface area contributed by atoms with E-state index in [0.717, 1.165) is 71.8 Å². The van der Waals surface area contributed by atoms with Gasteiger partial charge in [-0.15, -0.1) is 0 Å². The molecule has 2 heterocycles. The molecule has 0 saturated carbocycles. The van der Waals surface area contributed by atoms with Gasteiger partial charge in [-0.3, -0.25) is 9.48 Å². The van der Waals surface area contributed by atoms with Crippen molar-refractivity contribution in [3.05, 3.63) is 35.2 Å². The first-order chi connectivity index (χ1) is 13.9. The Bertz CT molecular complexity index is 1020. The lowest BCUT2D eigenvalue weighted by Gasteiger charge is -2.14. The minimum atomic E-state index is 0.686. The fraction of sp³-hybridized carbons (Fsp3) is 0.455. The van der Waals surface area contributed by atoms with E-state index in [2.05, 4.69) is 34.0 Å². The molecule has 0 aliphatic heterocycles. The normalized spacial score (nSPS) is 11.6. The molecule has 156 valence electrons. The van der Waals surface area contributed by atoms with Crippen molar-refractivity contribution in [2.45, 2.75) is 20.4 Å². The third kappa shape index (κ3) is 4.06. The number of rotatable bonds is 9. The largest absolute Gasteiger partial charge is 0.497 e. The van der Waals surface area contributed by atoms with Gasteiger partial charge in [0.2, 0.25) is 0 Å². The molecule has 3 aromatic rings. The molecule has 0 bridgehead atoms. The summed E-state index contributed by atoms with van der Waals surface area (Å²) < 4.78 is 9.51. The molecule has 0 aliphatic carbocycles. The fourth-order valence-electron chi connectivity index (χ4n) is 3.84. The molecule has 0 fully saturated rings. The number of carbonyl (C=O) groups excluding carboxylic acids is 1. The topological polar surface area (TPSA) is 64.3 Å². The standard InChI is InChI=1S/C22H31N5O2/c1-15-21(16(2)26(5)24-15)22-19(14-28)18-13-17(29-6)7-8-20(18)27(22)12-10-23-9-11-25(3)4/h7-8,13-14,23H,9-12H2,1-6H3. The van der Waals surface area contributed by atoms with Gasteiger partial charge in [-0.2, -0.15) is 5.10 Å². The van der Waals surface area contributed by atoms with Gasteiger partial charge in [0, 0.05) is 61.0 Å². The minimum absolute atomic E-state index is 0.686. The maximum atomic E-state index is 12.2. The van der Waals surface area contributed by atoms with Gasteiger partial charge in [0.05, 0.1) is 18.5 Å². The summed E-state index contributed by atoms with van der Waals surface area (Å²) >= 11 is 0. The zero-order valence-electron chi connectivity index (χ0n) is 18.2. The van der Waals surface area contributed by atoms with E-state index < -0.39 is 0 Å². The van der Waals surface area contributed by atoms with Gasteiger partial charge in [-0.25, -0.2) is 0 Å². The second kappa shape index (κ2) is 8.80. The lowest BCUT2D eigenvalue weighted by Crippen LogP contribution is -2.29. The third-order valence-electron chi connectivity index (χ3n) is 5.42. The molecule has 0 aliphatic rings. The van der Waals surface area contributed by atoms with E-state index in [4.69, 9.17) is 4.74 Å². The van der Waals surface area contributed by atoms with Crippen LogP contribution in [0.3, 0.4) is 0 Å². The van der Waals surface area contributed by atoms with Crippen molar-refractivity contribution in [1.29, 1.82) is 0 Å². The van der Waals surface area contributed by atoms with E-state index in [1.807, 2.05) is 43.8 Å². The molecule has 0 saturated heterocycles. The van der Waals surface area contributed by atoms with E-state index in [-0.39, 0.29) is 0 Å². The van der Waals surface area contributed by atoms with E-state index in [1.54, 1.807) is 7.11 Å². The first-order valence-electron chi connectivity index (χ1n) is 9.90. The average Bonchev–Trinajstić information content (AvgIpc) is 3.12. The summed E-state index contributed by atoms with van der Waals surface area (Å²) in [6, 6.07) is 5.92. The zero-order valence-corrected chi connectivity index (χ0v) is 18.2. The maximum Gasteiger partial charge on any atom is 0.152 e. The Kier molecular flexibility index (Phi) is 6.39. The van der Waals surface area contributed by atoms with Gasteiger partial charge in [0.1, 0.15) is 5.75 Å². The van der Waals surface area contributed by atoms with Crippen molar-refractivity contribution < 1.29 is 9.53 Å². The molecule has 1 N–H and O–H groups in total. The number of aldehydes is 1. The van der Waals surface area contributed by atoms with Crippen LogP contribution < -0.4 is 10.1 Å². The van der Waals surface area contributed by atoms with Crippen LogP contribution in [-0.4, -0.2) is 66.4 Å². The molecule has 2 aromatic heterocycles. The van der Waals surface area contributed by atoms with Crippen LogP contribution in [0.1, 0.15) is 21.7 Å². The summed E-state index contributed by atoms with van der Waals surface area (Å²) in [5.41, 5.74) is 5.64. The highest BCUT2D eigenvalue weighted by Crippen LogP contribution is 2.37. The van der Waals surface area contributed by atoms with Crippen LogP contribution in [0.4, 0.5) is 0 Å². The van der Waals surface area contributed by atoms with E-state index in [9.17, 15) is 4.79 Å². The van der Waals surface area contributed by atoms with Crippen LogP contribution >= 0.6 is 0 Å². The summed E-state index contributed by atoms with van der Waals surface area (Å²) in [6.07, 6.45) is 0.957. The number of hydrogen-bond donors (Lipinski definition) is 1. The molecule has 0 radical (unpaired) electrons. The van der Waals surface area contributed by atoms with Gasteiger partial charge in [-0.05, 0) is 46.1 Å². The molecule has 0 amide bonds. The third-order valence-corrected chi connectivity index (χ3v) is 5.42. The van der Waals surface area contributed by atoms with Crippen LogP contribution in [0.15, 0.2) is 18.2 Å². The number of likely N-dealkylation sites (N-methyl/N-ethyl adjacent to an activating group) is 1. The molecule has 29 heavy (non-hydrogen) atoms.